The van der Waals surface area contributed by atoms with Gasteiger partial charge in [-0.25, -0.2) is 0 Å². The van der Waals surface area contributed by atoms with Crippen LogP contribution in [0.3, 0.4) is 0 Å². The molecule has 0 aliphatic heterocycles. The molecule has 1 aromatic carbocycles. The lowest BCUT2D eigenvalue weighted by Crippen LogP contribution is -2.23. The summed E-state index contributed by atoms with van der Waals surface area (Å²) in [5, 5.41) is 2.24. The van der Waals surface area contributed by atoms with Gasteiger partial charge in [-0.05, 0) is 18.1 Å². The van der Waals surface area contributed by atoms with E-state index in [0.717, 1.165) is 16.3 Å². The molecule has 86 valence electrons. The molecule has 1 atom stereocenters. The normalized spacial score (nSPS) is 12.2. The van der Waals surface area contributed by atoms with E-state index in [-0.39, 0.29) is 6.04 Å². The molecule has 2 heteroatoms. The van der Waals surface area contributed by atoms with E-state index in [2.05, 4.69) is 30.7 Å². The van der Waals surface area contributed by atoms with Crippen molar-refractivity contribution < 1.29 is 0 Å². The second-order valence-corrected chi connectivity index (χ2v) is 4.44. The standard InChI is InChI=1S/C15H16N2/c1-11(2)15(16)7-6-12-4-3-5-13-10-17-9-8-14(12)13/h3-5,8-11,15H,16H2,1-2H3. The van der Waals surface area contributed by atoms with Crippen molar-refractivity contribution in [3.8, 4) is 11.8 Å². The second-order valence-electron chi connectivity index (χ2n) is 4.44. The van der Waals surface area contributed by atoms with Crippen molar-refractivity contribution in [3.63, 3.8) is 0 Å². The topological polar surface area (TPSA) is 38.9 Å². The summed E-state index contributed by atoms with van der Waals surface area (Å²) in [5.41, 5.74) is 6.94. The van der Waals surface area contributed by atoms with Crippen molar-refractivity contribution in [1.29, 1.82) is 0 Å². The molecule has 0 aliphatic rings. The fourth-order valence-electron chi connectivity index (χ4n) is 1.56. The Kier molecular flexibility index (Phi) is 3.41. The van der Waals surface area contributed by atoms with E-state index in [9.17, 15) is 0 Å². The summed E-state index contributed by atoms with van der Waals surface area (Å²) in [7, 11) is 0. The third-order valence-corrected chi connectivity index (χ3v) is 2.77. The number of rotatable bonds is 1. The van der Waals surface area contributed by atoms with E-state index in [1.807, 2.05) is 30.5 Å². The van der Waals surface area contributed by atoms with Crippen molar-refractivity contribution in [2.45, 2.75) is 19.9 Å². The van der Waals surface area contributed by atoms with Crippen LogP contribution in [0.25, 0.3) is 10.8 Å². The third-order valence-electron chi connectivity index (χ3n) is 2.77. The summed E-state index contributed by atoms with van der Waals surface area (Å²) in [6, 6.07) is 7.96. The maximum Gasteiger partial charge on any atom is 0.0691 e. The molecule has 0 bridgehead atoms. The zero-order valence-corrected chi connectivity index (χ0v) is 10.1. The average Bonchev–Trinajstić information content (AvgIpc) is 2.35. The maximum absolute atomic E-state index is 5.92. The van der Waals surface area contributed by atoms with Crippen LogP contribution in [0, 0.1) is 17.8 Å². The first-order chi connectivity index (χ1) is 8.18. The molecule has 1 heterocycles. The van der Waals surface area contributed by atoms with Gasteiger partial charge in [-0.3, -0.25) is 4.98 Å². The minimum Gasteiger partial charge on any atom is -0.317 e. The van der Waals surface area contributed by atoms with Crippen LogP contribution in [0.4, 0.5) is 0 Å². The zero-order valence-electron chi connectivity index (χ0n) is 10.1. The number of nitrogens with zero attached hydrogens (tertiary/aromatic N) is 1. The van der Waals surface area contributed by atoms with Crippen LogP contribution in [-0.2, 0) is 0 Å². The number of hydrogen-bond donors (Lipinski definition) is 1. The highest BCUT2D eigenvalue weighted by Gasteiger charge is 2.02. The second kappa shape index (κ2) is 4.99. The smallest absolute Gasteiger partial charge is 0.0691 e. The molecule has 0 spiro atoms. The van der Waals surface area contributed by atoms with Crippen LogP contribution in [0.1, 0.15) is 19.4 Å². The number of benzene rings is 1. The summed E-state index contributed by atoms with van der Waals surface area (Å²) in [6.07, 6.45) is 3.64. The van der Waals surface area contributed by atoms with E-state index in [4.69, 9.17) is 5.73 Å². The molecular weight excluding hydrogens is 208 g/mol. The quantitative estimate of drug-likeness (QED) is 0.756. The Bertz CT molecular complexity index is 571. The Labute approximate surface area is 102 Å². The van der Waals surface area contributed by atoms with Gasteiger partial charge in [0.15, 0.2) is 0 Å². The number of fused-ring (bicyclic) bond motifs is 1. The van der Waals surface area contributed by atoms with Gasteiger partial charge in [0.1, 0.15) is 0 Å². The van der Waals surface area contributed by atoms with E-state index < -0.39 is 0 Å². The van der Waals surface area contributed by atoms with Crippen LogP contribution in [-0.4, -0.2) is 11.0 Å². The minimum absolute atomic E-state index is 0.0768. The molecule has 2 aromatic rings. The molecule has 0 fully saturated rings. The number of pyridine rings is 1. The third kappa shape index (κ3) is 2.64. The largest absolute Gasteiger partial charge is 0.317 e. The van der Waals surface area contributed by atoms with Gasteiger partial charge in [0, 0.05) is 28.7 Å². The fraction of sp³-hybridized carbons (Fsp3) is 0.267. The van der Waals surface area contributed by atoms with Crippen LogP contribution < -0.4 is 5.73 Å². The van der Waals surface area contributed by atoms with E-state index in [1.165, 1.54) is 0 Å². The van der Waals surface area contributed by atoms with E-state index >= 15 is 0 Å². The van der Waals surface area contributed by atoms with Gasteiger partial charge in [0.25, 0.3) is 0 Å². The van der Waals surface area contributed by atoms with Crippen LogP contribution in [0.15, 0.2) is 36.7 Å². The Morgan fingerprint density at radius 2 is 2.06 bits per heavy atom. The first-order valence-corrected chi connectivity index (χ1v) is 5.78. The molecule has 0 saturated heterocycles. The predicted molar refractivity (Wildman–Crippen MR) is 71.4 cm³/mol. The molecule has 1 unspecified atom stereocenters. The average molecular weight is 224 g/mol. The van der Waals surface area contributed by atoms with Crippen molar-refractivity contribution in [2.24, 2.45) is 11.7 Å². The molecule has 1 aromatic heterocycles. The first kappa shape index (κ1) is 11.6. The van der Waals surface area contributed by atoms with Crippen LogP contribution in [0.2, 0.25) is 0 Å². The van der Waals surface area contributed by atoms with Gasteiger partial charge in [-0.1, -0.05) is 37.8 Å². The van der Waals surface area contributed by atoms with Gasteiger partial charge in [-0.2, -0.15) is 0 Å². The predicted octanol–water partition coefficient (Wildman–Crippen LogP) is 2.57. The van der Waals surface area contributed by atoms with Crippen molar-refractivity contribution in [2.75, 3.05) is 0 Å². The molecule has 0 radical (unpaired) electrons. The Morgan fingerprint density at radius 1 is 1.24 bits per heavy atom. The highest BCUT2D eigenvalue weighted by Crippen LogP contribution is 2.16. The zero-order chi connectivity index (χ0) is 12.3. The number of nitrogens with two attached hydrogens (primary N) is 1. The van der Waals surface area contributed by atoms with Gasteiger partial charge in [0.05, 0.1) is 6.04 Å². The Hall–Kier alpha value is -1.85. The van der Waals surface area contributed by atoms with E-state index in [0.29, 0.717) is 5.92 Å². The number of aromatic nitrogens is 1. The molecule has 0 aliphatic carbocycles. The van der Waals surface area contributed by atoms with Crippen LogP contribution in [0.5, 0.6) is 0 Å². The monoisotopic (exact) mass is 224 g/mol. The van der Waals surface area contributed by atoms with Gasteiger partial charge in [0.2, 0.25) is 0 Å². The van der Waals surface area contributed by atoms with Gasteiger partial charge < -0.3 is 5.73 Å². The lowest BCUT2D eigenvalue weighted by Gasteiger charge is -2.06. The molecule has 2 nitrogen and oxygen atoms in total. The molecule has 2 N–H and O–H groups in total. The van der Waals surface area contributed by atoms with Crippen LogP contribution >= 0.6 is 0 Å². The summed E-state index contributed by atoms with van der Waals surface area (Å²) in [5.74, 6) is 6.64. The summed E-state index contributed by atoms with van der Waals surface area (Å²) >= 11 is 0. The minimum atomic E-state index is -0.0768. The van der Waals surface area contributed by atoms with Gasteiger partial charge in [-0.15, -0.1) is 0 Å². The van der Waals surface area contributed by atoms with Crippen molar-refractivity contribution >= 4 is 10.8 Å². The van der Waals surface area contributed by atoms with E-state index in [1.54, 1.807) is 6.20 Å². The lowest BCUT2D eigenvalue weighted by atomic mass is 10.0. The fourth-order valence-corrected chi connectivity index (χ4v) is 1.56. The van der Waals surface area contributed by atoms with Crippen molar-refractivity contribution in [1.82, 2.24) is 4.98 Å². The van der Waals surface area contributed by atoms with Gasteiger partial charge >= 0.3 is 0 Å². The molecule has 17 heavy (non-hydrogen) atoms. The molecule has 0 amide bonds. The molecule has 2 rings (SSSR count). The Balaban J connectivity index is 2.43. The first-order valence-electron chi connectivity index (χ1n) is 5.78. The lowest BCUT2D eigenvalue weighted by molar-refractivity contribution is 0.584. The van der Waals surface area contributed by atoms with Crippen molar-refractivity contribution in [3.05, 3.63) is 42.2 Å². The highest BCUT2D eigenvalue weighted by atomic mass is 14.6. The SMILES string of the molecule is CC(C)C(N)C#Cc1cccc2cnccc12. The number of hydrogen-bond acceptors (Lipinski definition) is 2. The summed E-state index contributed by atoms with van der Waals surface area (Å²) < 4.78 is 0. The summed E-state index contributed by atoms with van der Waals surface area (Å²) in [6.45, 7) is 4.15. The molecule has 0 saturated carbocycles. The maximum atomic E-state index is 5.92. The highest BCUT2D eigenvalue weighted by molar-refractivity contribution is 5.87. The molecular formula is C15H16N2. The Morgan fingerprint density at radius 3 is 2.82 bits per heavy atom. The summed E-state index contributed by atoms with van der Waals surface area (Å²) in [4.78, 5) is 4.10.